The molecule has 1 aliphatic rings. The molecule has 0 unspecified atom stereocenters. The van der Waals surface area contributed by atoms with E-state index in [4.69, 9.17) is 20.8 Å². The summed E-state index contributed by atoms with van der Waals surface area (Å²) in [4.78, 5) is 9.55. The van der Waals surface area contributed by atoms with Crippen LogP contribution in [-0.4, -0.2) is 54.6 Å². The first-order chi connectivity index (χ1) is 15.1. The maximum atomic E-state index is 5.96. The number of hydrogen-bond donors (Lipinski definition) is 0. The fourth-order valence-corrected chi connectivity index (χ4v) is 3.89. The van der Waals surface area contributed by atoms with Crippen LogP contribution >= 0.6 is 11.6 Å². The van der Waals surface area contributed by atoms with E-state index in [0.717, 1.165) is 29.2 Å². The summed E-state index contributed by atoms with van der Waals surface area (Å²) in [6.45, 7) is 8.19. The number of benzene rings is 2. The van der Waals surface area contributed by atoms with Crippen LogP contribution in [0.1, 0.15) is 23.4 Å². The number of aromatic nitrogens is 1. The Hall–Kier alpha value is -2.34. The van der Waals surface area contributed by atoms with E-state index >= 15 is 0 Å². The first-order valence-electron chi connectivity index (χ1n) is 10.9. The third kappa shape index (κ3) is 6.10. The molecule has 1 fully saturated rings. The summed E-state index contributed by atoms with van der Waals surface area (Å²) in [5, 5.41) is 0.693. The zero-order chi connectivity index (χ0) is 21.6. The number of halogens is 1. The zero-order valence-corrected chi connectivity index (χ0v) is 19.1. The van der Waals surface area contributed by atoms with Crippen molar-refractivity contribution in [3.63, 3.8) is 0 Å². The molecule has 0 radical (unpaired) electrons. The average molecular weight is 440 g/mol. The maximum absolute atomic E-state index is 5.96. The average Bonchev–Trinajstić information content (AvgIpc) is 3.15. The predicted octanol–water partition coefficient (Wildman–Crippen LogP) is 5.06. The molecule has 2 heterocycles. The van der Waals surface area contributed by atoms with E-state index in [1.165, 1.54) is 44.7 Å². The Kier molecular flexibility index (Phi) is 7.28. The van der Waals surface area contributed by atoms with Gasteiger partial charge in [0, 0.05) is 36.8 Å². The Morgan fingerprint density at radius 1 is 1.00 bits per heavy atom. The number of rotatable bonds is 8. The number of piperazine rings is 1. The molecular formula is C25H30ClN3O2. The second kappa shape index (κ2) is 10.3. The van der Waals surface area contributed by atoms with Crippen molar-refractivity contribution in [1.29, 1.82) is 0 Å². The van der Waals surface area contributed by atoms with Crippen LogP contribution < -0.4 is 4.74 Å². The molecule has 1 aromatic heterocycles. The molecule has 0 amide bonds. The van der Waals surface area contributed by atoms with Crippen LogP contribution in [0.4, 0.5) is 0 Å². The van der Waals surface area contributed by atoms with E-state index in [2.05, 4.69) is 34.0 Å². The Bertz CT molecular complexity index is 961. The topological polar surface area (TPSA) is 41.7 Å². The van der Waals surface area contributed by atoms with Crippen LogP contribution in [0.5, 0.6) is 5.75 Å². The van der Waals surface area contributed by atoms with E-state index in [1.807, 2.05) is 43.3 Å². The first kappa shape index (κ1) is 21.9. The highest BCUT2D eigenvalue weighted by Gasteiger charge is 2.14. The van der Waals surface area contributed by atoms with Crippen LogP contribution in [0.2, 0.25) is 5.02 Å². The van der Waals surface area contributed by atoms with Gasteiger partial charge >= 0.3 is 0 Å². The smallest absolute Gasteiger partial charge is 0.226 e. The fourth-order valence-electron chi connectivity index (χ4n) is 3.76. The molecule has 4 rings (SSSR count). The van der Waals surface area contributed by atoms with E-state index in [0.29, 0.717) is 17.5 Å². The van der Waals surface area contributed by atoms with Gasteiger partial charge in [-0.1, -0.05) is 23.7 Å². The molecule has 164 valence electrons. The van der Waals surface area contributed by atoms with Crippen LogP contribution in [0.25, 0.3) is 11.5 Å². The quantitative estimate of drug-likeness (QED) is 0.490. The second-order valence-electron chi connectivity index (χ2n) is 8.21. The Balaban J connectivity index is 1.25. The number of nitrogens with zero attached hydrogens (tertiary/aromatic N) is 3. The summed E-state index contributed by atoms with van der Waals surface area (Å²) in [6, 6.07) is 15.9. The van der Waals surface area contributed by atoms with Crippen molar-refractivity contribution in [1.82, 2.24) is 14.8 Å². The third-order valence-corrected chi connectivity index (χ3v) is 6.07. The van der Waals surface area contributed by atoms with Crippen LogP contribution in [0, 0.1) is 6.92 Å². The van der Waals surface area contributed by atoms with Crippen molar-refractivity contribution in [3.05, 3.63) is 70.6 Å². The summed E-state index contributed by atoms with van der Waals surface area (Å²) in [5.74, 6) is 2.20. The Labute approximate surface area is 189 Å². The molecule has 0 saturated carbocycles. The lowest BCUT2D eigenvalue weighted by Crippen LogP contribution is -2.44. The third-order valence-electron chi connectivity index (χ3n) is 5.82. The summed E-state index contributed by atoms with van der Waals surface area (Å²) < 4.78 is 11.8. The van der Waals surface area contributed by atoms with Crippen molar-refractivity contribution in [2.45, 2.75) is 26.4 Å². The molecule has 0 N–H and O–H groups in total. The highest BCUT2D eigenvalue weighted by atomic mass is 35.5. The van der Waals surface area contributed by atoms with Gasteiger partial charge in [-0.3, -0.25) is 0 Å². The van der Waals surface area contributed by atoms with Crippen molar-refractivity contribution in [3.8, 4) is 17.2 Å². The van der Waals surface area contributed by atoms with Gasteiger partial charge in [-0.05, 0) is 75.3 Å². The summed E-state index contributed by atoms with van der Waals surface area (Å²) in [5.41, 5.74) is 3.06. The number of hydrogen-bond acceptors (Lipinski definition) is 5. The van der Waals surface area contributed by atoms with E-state index in [1.54, 1.807) is 0 Å². The van der Waals surface area contributed by atoms with Gasteiger partial charge in [0.1, 0.15) is 23.8 Å². The predicted molar refractivity (Wildman–Crippen MR) is 125 cm³/mol. The van der Waals surface area contributed by atoms with E-state index in [9.17, 15) is 0 Å². The highest BCUT2D eigenvalue weighted by Crippen LogP contribution is 2.24. The van der Waals surface area contributed by atoms with Crippen molar-refractivity contribution in [2.75, 3.05) is 39.8 Å². The molecule has 1 saturated heterocycles. The maximum Gasteiger partial charge on any atom is 0.226 e. The number of likely N-dealkylation sites (N-methyl/N-ethyl adjacent to an activating group) is 1. The van der Waals surface area contributed by atoms with Gasteiger partial charge < -0.3 is 19.0 Å². The fraction of sp³-hybridized carbons (Fsp3) is 0.400. The normalized spacial score (nSPS) is 15.3. The molecule has 5 nitrogen and oxygen atoms in total. The second-order valence-corrected chi connectivity index (χ2v) is 8.65. The summed E-state index contributed by atoms with van der Waals surface area (Å²) >= 11 is 5.96. The minimum absolute atomic E-state index is 0.381. The van der Waals surface area contributed by atoms with Crippen molar-refractivity contribution < 1.29 is 9.15 Å². The monoisotopic (exact) mass is 439 g/mol. The van der Waals surface area contributed by atoms with Crippen molar-refractivity contribution >= 4 is 11.6 Å². The van der Waals surface area contributed by atoms with Crippen LogP contribution in [0.3, 0.4) is 0 Å². The standard InChI is InChI=1S/C25H30ClN3O2/c1-19-24(27-25(31-19)21-7-9-22(26)10-8-21)18-30-23-11-5-20(6-12-23)4-3-13-29-16-14-28(2)15-17-29/h5-12H,3-4,13-18H2,1-2H3. The molecule has 0 aliphatic carbocycles. The first-order valence-corrected chi connectivity index (χ1v) is 11.3. The number of aryl methyl sites for hydroxylation is 2. The summed E-state index contributed by atoms with van der Waals surface area (Å²) in [6.07, 6.45) is 2.29. The van der Waals surface area contributed by atoms with Gasteiger partial charge in [0.15, 0.2) is 0 Å². The molecule has 31 heavy (non-hydrogen) atoms. The summed E-state index contributed by atoms with van der Waals surface area (Å²) in [7, 11) is 2.20. The highest BCUT2D eigenvalue weighted by molar-refractivity contribution is 6.30. The SMILES string of the molecule is Cc1oc(-c2ccc(Cl)cc2)nc1COc1ccc(CCCN2CCN(C)CC2)cc1. The van der Waals surface area contributed by atoms with Crippen LogP contribution in [-0.2, 0) is 13.0 Å². The molecule has 3 aromatic rings. The Morgan fingerprint density at radius 2 is 1.71 bits per heavy atom. The minimum Gasteiger partial charge on any atom is -0.487 e. The lowest BCUT2D eigenvalue weighted by molar-refractivity contribution is 0.153. The van der Waals surface area contributed by atoms with Gasteiger partial charge in [-0.25, -0.2) is 4.98 Å². The molecule has 0 atom stereocenters. The lowest BCUT2D eigenvalue weighted by Gasteiger charge is -2.32. The van der Waals surface area contributed by atoms with Gasteiger partial charge in [-0.2, -0.15) is 0 Å². The van der Waals surface area contributed by atoms with Crippen LogP contribution in [0.15, 0.2) is 52.9 Å². The minimum atomic E-state index is 0.381. The lowest BCUT2D eigenvalue weighted by atomic mass is 10.1. The molecule has 0 bridgehead atoms. The van der Waals surface area contributed by atoms with E-state index in [-0.39, 0.29) is 0 Å². The number of ether oxygens (including phenoxy) is 1. The Morgan fingerprint density at radius 3 is 2.42 bits per heavy atom. The van der Waals surface area contributed by atoms with Gasteiger partial charge in [-0.15, -0.1) is 0 Å². The van der Waals surface area contributed by atoms with Gasteiger partial charge in [0.25, 0.3) is 0 Å². The molecule has 6 heteroatoms. The molecule has 0 spiro atoms. The zero-order valence-electron chi connectivity index (χ0n) is 18.3. The molecular weight excluding hydrogens is 410 g/mol. The largest absolute Gasteiger partial charge is 0.487 e. The van der Waals surface area contributed by atoms with Crippen molar-refractivity contribution in [2.24, 2.45) is 0 Å². The number of oxazole rings is 1. The molecule has 1 aliphatic heterocycles. The van der Waals surface area contributed by atoms with E-state index < -0.39 is 0 Å². The van der Waals surface area contributed by atoms with Gasteiger partial charge in [0.2, 0.25) is 5.89 Å². The van der Waals surface area contributed by atoms with Gasteiger partial charge in [0.05, 0.1) is 0 Å². The molecule has 2 aromatic carbocycles.